The van der Waals surface area contributed by atoms with Crippen LogP contribution in [-0.2, 0) is 9.53 Å². The molecule has 2 N–H and O–H groups in total. The van der Waals surface area contributed by atoms with Crippen molar-refractivity contribution in [2.24, 2.45) is 0 Å². The molecule has 1 atom stereocenters. The quantitative estimate of drug-likeness (QED) is 0.392. The Hall–Kier alpha value is -2.54. The average molecular weight is 428 g/mol. The largest absolute Gasteiger partial charge is 0.460 e. The molecule has 1 aromatic heterocycles. The first-order valence-electron chi connectivity index (χ1n) is 10.3. The Balaban J connectivity index is 2.19. The molecule has 0 fully saturated rings. The van der Waals surface area contributed by atoms with Gasteiger partial charge in [0.2, 0.25) is 0 Å². The molecule has 0 radical (unpaired) electrons. The molecule has 1 aliphatic rings. The lowest BCUT2D eigenvalue weighted by Crippen LogP contribution is -2.31. The molecule has 1 aromatic carbocycles. The summed E-state index contributed by atoms with van der Waals surface area (Å²) in [4.78, 5) is 33.6. The highest BCUT2D eigenvalue weighted by molar-refractivity contribution is 7.99. The van der Waals surface area contributed by atoms with Gasteiger partial charge in [-0.15, -0.1) is 0 Å². The summed E-state index contributed by atoms with van der Waals surface area (Å²) in [6.45, 7) is 11.7. The van der Waals surface area contributed by atoms with Gasteiger partial charge in [0.15, 0.2) is 5.16 Å². The summed E-state index contributed by atoms with van der Waals surface area (Å²) in [6, 6.07) is 8.06. The Morgan fingerprint density at radius 2 is 1.87 bits per heavy atom. The number of H-pyrrole nitrogens is 1. The van der Waals surface area contributed by atoms with Crippen molar-refractivity contribution < 1.29 is 9.53 Å². The maximum atomic E-state index is 13.1. The zero-order valence-corrected chi connectivity index (χ0v) is 19.1. The van der Waals surface area contributed by atoms with Crippen LogP contribution < -0.4 is 10.9 Å². The van der Waals surface area contributed by atoms with Crippen LogP contribution in [0, 0.1) is 0 Å². The fraction of sp³-hybridized carbons (Fsp3) is 0.435. The molecule has 0 aliphatic carbocycles. The fourth-order valence-electron chi connectivity index (χ4n) is 3.59. The summed E-state index contributed by atoms with van der Waals surface area (Å²) in [7, 11) is 0. The van der Waals surface area contributed by atoms with E-state index in [1.165, 1.54) is 17.3 Å². The summed E-state index contributed by atoms with van der Waals surface area (Å²) < 4.78 is 5.52. The number of nitrogens with zero attached hydrogens (tertiary/aromatic N) is 1. The van der Waals surface area contributed by atoms with Gasteiger partial charge in [0, 0.05) is 5.70 Å². The van der Waals surface area contributed by atoms with Gasteiger partial charge < -0.3 is 15.0 Å². The van der Waals surface area contributed by atoms with Crippen LogP contribution in [0.1, 0.15) is 70.1 Å². The third kappa shape index (κ3) is 4.46. The number of carbonyl (C=O) groups excluding carboxylic acids is 1. The number of allylic oxidation sites excluding steroid dienone is 1. The maximum Gasteiger partial charge on any atom is 0.337 e. The summed E-state index contributed by atoms with van der Waals surface area (Å²) in [5, 5.41) is 3.73. The highest BCUT2D eigenvalue weighted by Gasteiger charge is 2.36. The number of fused-ring (bicyclic) bond motifs is 1. The number of anilines is 1. The van der Waals surface area contributed by atoms with E-state index in [0.29, 0.717) is 33.7 Å². The van der Waals surface area contributed by atoms with Crippen molar-refractivity contribution in [2.45, 2.75) is 64.6 Å². The van der Waals surface area contributed by atoms with Crippen molar-refractivity contribution >= 4 is 23.5 Å². The number of benzene rings is 1. The minimum absolute atomic E-state index is 0.247. The lowest BCUT2D eigenvalue weighted by molar-refractivity contribution is -0.143. The highest BCUT2D eigenvalue weighted by atomic mass is 32.2. The molecular weight excluding hydrogens is 398 g/mol. The Bertz CT molecular complexity index is 1020. The molecule has 160 valence electrons. The van der Waals surface area contributed by atoms with Crippen LogP contribution in [0.4, 0.5) is 5.82 Å². The van der Waals surface area contributed by atoms with Crippen molar-refractivity contribution in [1.82, 2.24) is 9.97 Å². The molecule has 0 amide bonds. The number of aromatic amines is 1. The first-order valence-corrected chi connectivity index (χ1v) is 11.3. The summed E-state index contributed by atoms with van der Waals surface area (Å²) in [5.41, 5.74) is 3.34. The molecule has 2 heterocycles. The first-order chi connectivity index (χ1) is 14.2. The molecule has 0 spiro atoms. The standard InChI is InChI=1S/C23H29N3O3S/c1-7-30-23-25-20-19(21(27)26-23)18(16-10-8-15(9-11-16)12(2)3)17(14(6)24-20)22(28)29-13(4)5/h8-13,18H,7H2,1-6H3,(H2,24,25,26,27). The molecule has 7 heteroatoms. The van der Waals surface area contributed by atoms with Crippen LogP contribution in [0.3, 0.4) is 0 Å². The number of esters is 1. The summed E-state index contributed by atoms with van der Waals surface area (Å²) in [5.74, 6) is 0.699. The second-order valence-electron chi connectivity index (χ2n) is 7.94. The van der Waals surface area contributed by atoms with Gasteiger partial charge in [0.25, 0.3) is 5.56 Å². The highest BCUT2D eigenvalue weighted by Crippen LogP contribution is 2.40. The molecule has 0 saturated carbocycles. The van der Waals surface area contributed by atoms with E-state index in [4.69, 9.17) is 4.74 Å². The van der Waals surface area contributed by atoms with Gasteiger partial charge in [-0.25, -0.2) is 9.78 Å². The lowest BCUT2D eigenvalue weighted by Gasteiger charge is -2.29. The Labute approximate surface area is 181 Å². The first kappa shape index (κ1) is 22.2. The van der Waals surface area contributed by atoms with Crippen molar-refractivity contribution in [3.63, 3.8) is 0 Å². The number of hydrogen-bond acceptors (Lipinski definition) is 6. The van der Waals surface area contributed by atoms with Crippen LogP contribution in [0.15, 0.2) is 45.5 Å². The van der Waals surface area contributed by atoms with E-state index in [1.807, 2.05) is 52.0 Å². The van der Waals surface area contributed by atoms with Gasteiger partial charge in [-0.3, -0.25) is 4.79 Å². The minimum Gasteiger partial charge on any atom is -0.460 e. The second kappa shape index (κ2) is 9.08. The molecule has 2 aromatic rings. The van der Waals surface area contributed by atoms with E-state index in [9.17, 15) is 9.59 Å². The number of nitrogens with one attached hydrogen (secondary N) is 2. The van der Waals surface area contributed by atoms with Gasteiger partial charge in [-0.05, 0) is 43.6 Å². The Morgan fingerprint density at radius 1 is 1.20 bits per heavy atom. The molecule has 6 nitrogen and oxygen atoms in total. The Morgan fingerprint density at radius 3 is 2.43 bits per heavy atom. The normalized spacial score (nSPS) is 15.9. The van der Waals surface area contributed by atoms with Crippen molar-refractivity contribution in [2.75, 3.05) is 11.1 Å². The predicted molar refractivity (Wildman–Crippen MR) is 121 cm³/mol. The molecule has 30 heavy (non-hydrogen) atoms. The van der Waals surface area contributed by atoms with Gasteiger partial charge in [-0.1, -0.05) is 56.8 Å². The van der Waals surface area contributed by atoms with E-state index < -0.39 is 11.9 Å². The van der Waals surface area contributed by atoms with Gasteiger partial charge in [0.1, 0.15) is 5.82 Å². The molecule has 1 aliphatic heterocycles. The number of carbonyl (C=O) groups is 1. The van der Waals surface area contributed by atoms with Crippen molar-refractivity contribution in [3.8, 4) is 0 Å². The van der Waals surface area contributed by atoms with Crippen LogP contribution >= 0.6 is 11.8 Å². The van der Waals surface area contributed by atoms with Crippen LogP contribution in [0.25, 0.3) is 0 Å². The number of rotatable bonds is 6. The molecule has 0 saturated heterocycles. The predicted octanol–water partition coefficient (Wildman–Crippen LogP) is 4.79. The fourth-order valence-corrected chi connectivity index (χ4v) is 4.19. The Kier molecular flexibility index (Phi) is 6.71. The minimum atomic E-state index is -0.550. The average Bonchev–Trinajstić information content (AvgIpc) is 2.66. The topological polar surface area (TPSA) is 84.1 Å². The zero-order chi connectivity index (χ0) is 22.0. The van der Waals surface area contributed by atoms with Crippen molar-refractivity contribution in [3.05, 3.63) is 62.6 Å². The molecular formula is C23H29N3O3S. The number of ether oxygens (including phenoxy) is 1. The third-order valence-electron chi connectivity index (χ3n) is 5.00. The van der Waals surface area contributed by atoms with E-state index >= 15 is 0 Å². The smallest absolute Gasteiger partial charge is 0.337 e. The van der Waals surface area contributed by atoms with Gasteiger partial charge >= 0.3 is 5.97 Å². The van der Waals surface area contributed by atoms with Crippen LogP contribution in [0.5, 0.6) is 0 Å². The van der Waals surface area contributed by atoms with E-state index in [-0.39, 0.29) is 11.7 Å². The number of aromatic nitrogens is 2. The second-order valence-corrected chi connectivity index (χ2v) is 9.19. The molecule has 0 bridgehead atoms. The van der Waals surface area contributed by atoms with E-state index in [0.717, 1.165) is 11.3 Å². The SMILES string of the molecule is CCSc1nc2c(c(=O)[nH]1)C(c1ccc(C(C)C)cc1)C(C(=O)OC(C)C)=C(C)N2. The monoisotopic (exact) mass is 427 g/mol. The third-order valence-corrected chi connectivity index (χ3v) is 5.76. The summed E-state index contributed by atoms with van der Waals surface area (Å²) in [6.07, 6.45) is -0.261. The molecule has 1 unspecified atom stereocenters. The molecule has 3 rings (SSSR count). The van der Waals surface area contributed by atoms with Gasteiger partial charge in [-0.2, -0.15) is 0 Å². The number of thioether (sulfide) groups is 1. The summed E-state index contributed by atoms with van der Waals surface area (Å²) >= 11 is 1.47. The van der Waals surface area contributed by atoms with E-state index in [2.05, 4.69) is 29.1 Å². The number of hydrogen-bond donors (Lipinski definition) is 2. The lowest BCUT2D eigenvalue weighted by atomic mass is 9.81. The maximum absolute atomic E-state index is 13.1. The van der Waals surface area contributed by atoms with Crippen LogP contribution in [0.2, 0.25) is 0 Å². The van der Waals surface area contributed by atoms with E-state index in [1.54, 1.807) is 0 Å². The van der Waals surface area contributed by atoms with Crippen LogP contribution in [-0.4, -0.2) is 27.8 Å². The zero-order valence-electron chi connectivity index (χ0n) is 18.3. The van der Waals surface area contributed by atoms with Gasteiger partial charge in [0.05, 0.1) is 23.2 Å². The van der Waals surface area contributed by atoms with Crippen molar-refractivity contribution in [1.29, 1.82) is 0 Å².